The molecule has 11 heavy (non-hydrogen) atoms. The Balaban J connectivity index is 2.79. The van der Waals surface area contributed by atoms with Crippen LogP contribution in [0.25, 0.3) is 0 Å². The lowest BCUT2D eigenvalue weighted by Gasteiger charge is -2.01. The molecule has 0 fully saturated rings. The second kappa shape index (κ2) is 3.15. The lowest BCUT2D eigenvalue weighted by atomic mass is 10.4. The van der Waals surface area contributed by atoms with E-state index in [-0.39, 0.29) is 6.54 Å². The highest BCUT2D eigenvalue weighted by atomic mass is 19.1. The van der Waals surface area contributed by atoms with Gasteiger partial charge in [0.1, 0.15) is 17.9 Å². The number of nitriles is 1. The van der Waals surface area contributed by atoms with E-state index >= 15 is 0 Å². The van der Waals surface area contributed by atoms with Gasteiger partial charge in [-0.25, -0.2) is 4.39 Å². The molecule has 0 radical (unpaired) electrons. The van der Waals surface area contributed by atoms with Crippen molar-refractivity contribution in [3.63, 3.8) is 0 Å². The van der Waals surface area contributed by atoms with Gasteiger partial charge in [-0.15, -0.1) is 0 Å². The Hall–Kier alpha value is -1.37. The van der Waals surface area contributed by atoms with Crippen LogP contribution in [0.2, 0.25) is 0 Å². The summed E-state index contributed by atoms with van der Waals surface area (Å²) >= 11 is 0. The first-order valence-electron chi connectivity index (χ1n) is 3.30. The molecule has 4 heteroatoms. The summed E-state index contributed by atoms with van der Waals surface area (Å²) < 4.78 is 13.8. The van der Waals surface area contributed by atoms with Gasteiger partial charge >= 0.3 is 0 Å². The molecule has 3 nitrogen and oxygen atoms in total. The standard InChI is InChI=1S/C7H8FN3/c1-6(8)5-11-7(4-9)2-3-10-11/h2-3,6H,5H2,1H3. The van der Waals surface area contributed by atoms with Crippen molar-refractivity contribution >= 4 is 0 Å². The summed E-state index contributed by atoms with van der Waals surface area (Å²) in [5, 5.41) is 12.3. The van der Waals surface area contributed by atoms with Crippen LogP contribution in [0, 0.1) is 11.3 Å². The van der Waals surface area contributed by atoms with E-state index in [2.05, 4.69) is 5.10 Å². The Labute approximate surface area is 64.1 Å². The van der Waals surface area contributed by atoms with Crippen molar-refractivity contribution in [3.05, 3.63) is 18.0 Å². The number of hydrogen-bond donors (Lipinski definition) is 0. The molecule has 1 rings (SSSR count). The predicted octanol–water partition coefficient (Wildman–Crippen LogP) is 1.11. The Morgan fingerprint density at radius 2 is 2.64 bits per heavy atom. The van der Waals surface area contributed by atoms with E-state index in [1.807, 2.05) is 6.07 Å². The fraction of sp³-hybridized carbons (Fsp3) is 0.429. The maximum absolute atomic E-state index is 12.4. The average molecular weight is 153 g/mol. The van der Waals surface area contributed by atoms with Crippen molar-refractivity contribution in [1.29, 1.82) is 5.26 Å². The summed E-state index contributed by atoms with van der Waals surface area (Å²) in [6, 6.07) is 3.47. The largest absolute Gasteiger partial charge is 0.252 e. The minimum atomic E-state index is -0.970. The summed E-state index contributed by atoms with van der Waals surface area (Å²) in [6.45, 7) is 1.58. The molecule has 0 saturated heterocycles. The average Bonchev–Trinajstić information content (AvgIpc) is 2.34. The lowest BCUT2D eigenvalue weighted by Crippen LogP contribution is -2.10. The summed E-state index contributed by atoms with van der Waals surface area (Å²) in [7, 11) is 0. The van der Waals surface area contributed by atoms with Crippen LogP contribution >= 0.6 is 0 Å². The first kappa shape index (κ1) is 7.73. The van der Waals surface area contributed by atoms with Gasteiger partial charge in [0.25, 0.3) is 0 Å². The van der Waals surface area contributed by atoms with Crippen LogP contribution in [0.4, 0.5) is 4.39 Å². The number of alkyl halides is 1. The third-order valence-corrected chi connectivity index (χ3v) is 1.26. The second-order valence-corrected chi connectivity index (χ2v) is 2.29. The molecule has 1 heterocycles. The quantitative estimate of drug-likeness (QED) is 0.638. The highest BCUT2D eigenvalue weighted by molar-refractivity contribution is 5.18. The molecular weight excluding hydrogens is 145 g/mol. The summed E-state index contributed by atoms with van der Waals surface area (Å²) in [5.74, 6) is 0. The minimum Gasteiger partial charge on any atom is -0.252 e. The van der Waals surface area contributed by atoms with Crippen molar-refractivity contribution in [2.75, 3.05) is 0 Å². The van der Waals surface area contributed by atoms with Gasteiger partial charge in [0.2, 0.25) is 0 Å². The van der Waals surface area contributed by atoms with Crippen molar-refractivity contribution < 1.29 is 4.39 Å². The summed E-state index contributed by atoms with van der Waals surface area (Å²) in [6.07, 6.45) is 0.517. The SMILES string of the molecule is CC(F)Cn1nccc1C#N. The lowest BCUT2D eigenvalue weighted by molar-refractivity contribution is 0.308. The Morgan fingerprint density at radius 1 is 1.91 bits per heavy atom. The molecule has 1 atom stereocenters. The van der Waals surface area contributed by atoms with Crippen molar-refractivity contribution in [1.82, 2.24) is 9.78 Å². The molecule has 0 aliphatic rings. The summed E-state index contributed by atoms with van der Waals surface area (Å²) in [5.41, 5.74) is 0.398. The van der Waals surface area contributed by atoms with Gasteiger partial charge in [0.05, 0.1) is 12.7 Å². The molecular formula is C7H8FN3. The van der Waals surface area contributed by atoms with Gasteiger partial charge in [-0.05, 0) is 13.0 Å². The number of nitrogens with zero attached hydrogens (tertiary/aromatic N) is 3. The van der Waals surface area contributed by atoms with E-state index in [0.717, 1.165) is 0 Å². The zero-order chi connectivity index (χ0) is 8.27. The fourth-order valence-electron chi connectivity index (χ4n) is 0.811. The van der Waals surface area contributed by atoms with Gasteiger partial charge in [-0.3, -0.25) is 4.68 Å². The minimum absolute atomic E-state index is 0.149. The third kappa shape index (κ3) is 1.77. The van der Waals surface area contributed by atoms with E-state index in [0.29, 0.717) is 5.69 Å². The topological polar surface area (TPSA) is 41.6 Å². The molecule has 1 aromatic rings. The van der Waals surface area contributed by atoms with E-state index < -0.39 is 6.17 Å². The van der Waals surface area contributed by atoms with Gasteiger partial charge in [-0.1, -0.05) is 0 Å². The zero-order valence-corrected chi connectivity index (χ0v) is 6.16. The number of halogens is 1. The Morgan fingerprint density at radius 3 is 3.18 bits per heavy atom. The molecule has 58 valence electrons. The van der Waals surface area contributed by atoms with Gasteiger partial charge in [-0.2, -0.15) is 10.4 Å². The predicted molar refractivity (Wildman–Crippen MR) is 37.5 cm³/mol. The maximum Gasteiger partial charge on any atom is 0.138 e. The van der Waals surface area contributed by atoms with E-state index in [9.17, 15) is 4.39 Å². The first-order chi connectivity index (χ1) is 5.24. The number of aromatic nitrogens is 2. The normalized spacial score (nSPS) is 12.5. The van der Waals surface area contributed by atoms with Crippen LogP contribution in [0.3, 0.4) is 0 Å². The van der Waals surface area contributed by atoms with Gasteiger partial charge < -0.3 is 0 Å². The van der Waals surface area contributed by atoms with Gasteiger partial charge in [0.15, 0.2) is 0 Å². The van der Waals surface area contributed by atoms with Crippen LogP contribution in [0.15, 0.2) is 12.3 Å². The van der Waals surface area contributed by atoms with Crippen molar-refractivity contribution in [2.24, 2.45) is 0 Å². The fourth-order valence-corrected chi connectivity index (χ4v) is 0.811. The summed E-state index contributed by atoms with van der Waals surface area (Å²) in [4.78, 5) is 0. The Kier molecular flexibility index (Phi) is 2.21. The first-order valence-corrected chi connectivity index (χ1v) is 3.30. The molecule has 0 spiro atoms. The van der Waals surface area contributed by atoms with Gasteiger partial charge in [0, 0.05) is 0 Å². The molecule has 0 aliphatic heterocycles. The molecule has 0 aliphatic carbocycles. The molecule has 1 aromatic heterocycles. The van der Waals surface area contributed by atoms with E-state index in [4.69, 9.17) is 5.26 Å². The van der Waals surface area contributed by atoms with E-state index in [1.165, 1.54) is 17.8 Å². The van der Waals surface area contributed by atoms with Crippen molar-refractivity contribution in [3.8, 4) is 6.07 Å². The molecule has 0 bridgehead atoms. The molecule has 0 N–H and O–H groups in total. The molecule has 0 saturated carbocycles. The smallest absolute Gasteiger partial charge is 0.138 e. The Bertz CT molecular complexity index is 271. The van der Waals surface area contributed by atoms with Crippen molar-refractivity contribution in [2.45, 2.75) is 19.6 Å². The van der Waals surface area contributed by atoms with Crippen LogP contribution in [-0.2, 0) is 6.54 Å². The number of rotatable bonds is 2. The third-order valence-electron chi connectivity index (χ3n) is 1.26. The van der Waals surface area contributed by atoms with Crippen LogP contribution < -0.4 is 0 Å². The van der Waals surface area contributed by atoms with Crippen LogP contribution in [0.1, 0.15) is 12.6 Å². The highest BCUT2D eigenvalue weighted by Crippen LogP contribution is 1.99. The van der Waals surface area contributed by atoms with E-state index in [1.54, 1.807) is 6.07 Å². The monoisotopic (exact) mass is 153 g/mol. The molecule has 0 aromatic carbocycles. The maximum atomic E-state index is 12.4. The highest BCUT2D eigenvalue weighted by Gasteiger charge is 2.04. The second-order valence-electron chi connectivity index (χ2n) is 2.29. The van der Waals surface area contributed by atoms with Crippen LogP contribution in [-0.4, -0.2) is 16.0 Å². The zero-order valence-electron chi connectivity index (χ0n) is 6.16. The molecule has 0 amide bonds. The molecule has 1 unspecified atom stereocenters. The number of hydrogen-bond acceptors (Lipinski definition) is 2. The van der Waals surface area contributed by atoms with Crippen LogP contribution in [0.5, 0.6) is 0 Å².